The fourth-order valence-electron chi connectivity index (χ4n) is 0.790. The predicted octanol–water partition coefficient (Wildman–Crippen LogP) is 4.27. The monoisotopic (exact) mass is 256 g/mol. The van der Waals surface area contributed by atoms with E-state index in [4.69, 9.17) is 0 Å². The Hall–Kier alpha value is -0.360. The van der Waals surface area contributed by atoms with E-state index >= 15 is 0 Å². The van der Waals surface area contributed by atoms with E-state index in [1.54, 1.807) is 12.1 Å². The van der Waals surface area contributed by atoms with Crippen molar-refractivity contribution in [2.75, 3.05) is 0 Å². The van der Waals surface area contributed by atoms with E-state index in [-0.39, 0.29) is 5.82 Å². The summed E-state index contributed by atoms with van der Waals surface area (Å²) in [6.07, 6.45) is -2.96. The van der Waals surface area contributed by atoms with Crippen LogP contribution in [0.1, 0.15) is 5.56 Å². The second kappa shape index (κ2) is 6.27. The average Bonchev–Trinajstić information content (AvgIpc) is 2.20. The molecule has 1 aromatic rings. The second-order valence-electron chi connectivity index (χ2n) is 2.67. The summed E-state index contributed by atoms with van der Waals surface area (Å²) in [7, 11) is 1.48. The molecule has 0 bridgehead atoms. The molecule has 0 saturated carbocycles. The zero-order chi connectivity index (χ0) is 11.3. The topological polar surface area (TPSA) is 0 Å². The molecule has 0 amide bonds. The zero-order valence-corrected chi connectivity index (χ0v) is 9.13. The van der Waals surface area contributed by atoms with Crippen LogP contribution in [-0.4, -0.2) is 11.9 Å². The average molecular weight is 256 g/mol. The standard InChI is InChI=1S/C9H8F4S2/c10-7-3-1-6(2-4-7)5-14-15-9(13)8(11)12/h1-4,8-9H,5H2. The highest BCUT2D eigenvalue weighted by molar-refractivity contribution is 8.76. The molecule has 0 N–H and O–H groups in total. The Kier molecular flexibility index (Phi) is 5.31. The van der Waals surface area contributed by atoms with Gasteiger partial charge in [-0.15, -0.1) is 0 Å². The molecule has 1 unspecified atom stereocenters. The van der Waals surface area contributed by atoms with Gasteiger partial charge in [-0.2, -0.15) is 0 Å². The maximum atomic E-state index is 12.5. The van der Waals surface area contributed by atoms with Crippen molar-refractivity contribution in [3.05, 3.63) is 35.6 Å². The fourth-order valence-corrected chi connectivity index (χ4v) is 2.65. The normalized spacial score (nSPS) is 13.1. The van der Waals surface area contributed by atoms with Crippen LogP contribution in [0.15, 0.2) is 24.3 Å². The third-order valence-corrected chi connectivity index (χ3v) is 3.79. The Morgan fingerprint density at radius 2 is 1.67 bits per heavy atom. The van der Waals surface area contributed by atoms with Crippen molar-refractivity contribution in [3.63, 3.8) is 0 Å². The molecule has 0 saturated heterocycles. The SMILES string of the molecule is Fc1ccc(CSSC(F)C(F)F)cc1. The van der Waals surface area contributed by atoms with E-state index < -0.39 is 11.9 Å². The molecule has 0 aliphatic heterocycles. The van der Waals surface area contributed by atoms with Gasteiger partial charge in [0.05, 0.1) is 0 Å². The van der Waals surface area contributed by atoms with Gasteiger partial charge >= 0.3 is 0 Å². The quantitative estimate of drug-likeness (QED) is 0.570. The van der Waals surface area contributed by atoms with E-state index in [1.165, 1.54) is 12.1 Å². The summed E-state index contributed by atoms with van der Waals surface area (Å²) in [5.41, 5.74) is -1.40. The highest BCUT2D eigenvalue weighted by Crippen LogP contribution is 2.33. The van der Waals surface area contributed by atoms with Crippen molar-refractivity contribution >= 4 is 21.6 Å². The van der Waals surface area contributed by atoms with Gasteiger partial charge in [0.1, 0.15) is 5.82 Å². The summed E-state index contributed by atoms with van der Waals surface area (Å²) in [5, 5.41) is 0. The first kappa shape index (κ1) is 12.7. The summed E-state index contributed by atoms with van der Waals surface area (Å²) >= 11 is 0. The minimum atomic E-state index is -2.96. The van der Waals surface area contributed by atoms with E-state index in [9.17, 15) is 17.6 Å². The van der Waals surface area contributed by atoms with Crippen molar-refractivity contribution in [3.8, 4) is 0 Å². The number of rotatable bonds is 5. The van der Waals surface area contributed by atoms with Gasteiger partial charge in [0.15, 0.2) is 0 Å². The molecule has 1 atom stereocenters. The number of alkyl halides is 3. The molecule has 0 aromatic heterocycles. The largest absolute Gasteiger partial charge is 0.279 e. The van der Waals surface area contributed by atoms with Crippen molar-refractivity contribution < 1.29 is 17.6 Å². The molecule has 1 aromatic carbocycles. The molecule has 0 nitrogen and oxygen atoms in total. The minimum Gasteiger partial charge on any atom is -0.228 e. The molecule has 84 valence electrons. The number of benzene rings is 1. The van der Waals surface area contributed by atoms with Gasteiger partial charge in [-0.05, 0) is 17.7 Å². The zero-order valence-electron chi connectivity index (χ0n) is 7.50. The van der Waals surface area contributed by atoms with E-state index in [0.717, 1.165) is 16.4 Å². The lowest BCUT2D eigenvalue weighted by molar-refractivity contribution is 0.0960. The third kappa shape index (κ3) is 4.79. The van der Waals surface area contributed by atoms with Gasteiger partial charge in [-0.1, -0.05) is 33.7 Å². The molecule has 6 heteroatoms. The fraction of sp³-hybridized carbons (Fsp3) is 0.333. The Morgan fingerprint density at radius 3 is 2.20 bits per heavy atom. The minimum absolute atomic E-state index is 0.354. The van der Waals surface area contributed by atoms with Gasteiger partial charge in [0, 0.05) is 5.75 Å². The third-order valence-electron chi connectivity index (χ3n) is 1.50. The van der Waals surface area contributed by atoms with Gasteiger partial charge in [-0.3, -0.25) is 0 Å². The second-order valence-corrected chi connectivity index (χ2v) is 5.12. The highest BCUT2D eigenvalue weighted by Gasteiger charge is 2.19. The van der Waals surface area contributed by atoms with Gasteiger partial charge in [0.25, 0.3) is 6.43 Å². The van der Waals surface area contributed by atoms with Gasteiger partial charge in [-0.25, -0.2) is 17.6 Å². The van der Waals surface area contributed by atoms with Crippen LogP contribution in [0.2, 0.25) is 0 Å². The van der Waals surface area contributed by atoms with Crippen LogP contribution in [0.5, 0.6) is 0 Å². The molecule has 1 rings (SSSR count). The molecule has 0 aliphatic rings. The summed E-state index contributed by atoms with van der Waals surface area (Å²) in [4.78, 5) is 0. The molecule has 0 radical (unpaired) electrons. The van der Waals surface area contributed by atoms with Crippen LogP contribution in [-0.2, 0) is 5.75 Å². The lowest BCUT2D eigenvalue weighted by Crippen LogP contribution is -2.04. The number of hydrogen-bond acceptors (Lipinski definition) is 2. The van der Waals surface area contributed by atoms with Crippen LogP contribution >= 0.6 is 21.6 Å². The van der Waals surface area contributed by atoms with E-state index in [1.807, 2.05) is 0 Å². The number of halogens is 4. The van der Waals surface area contributed by atoms with Crippen LogP contribution < -0.4 is 0 Å². The maximum absolute atomic E-state index is 12.5. The van der Waals surface area contributed by atoms with E-state index in [0.29, 0.717) is 16.5 Å². The van der Waals surface area contributed by atoms with Crippen molar-refractivity contribution in [2.24, 2.45) is 0 Å². The lowest BCUT2D eigenvalue weighted by Gasteiger charge is -2.05. The van der Waals surface area contributed by atoms with Gasteiger partial charge in [0.2, 0.25) is 5.50 Å². The Morgan fingerprint density at radius 1 is 1.07 bits per heavy atom. The Labute approximate surface area is 92.8 Å². The summed E-state index contributed by atoms with van der Waals surface area (Å²) in [6.45, 7) is 0. The van der Waals surface area contributed by atoms with Crippen LogP contribution in [0.3, 0.4) is 0 Å². The van der Waals surface area contributed by atoms with Crippen LogP contribution in [0.25, 0.3) is 0 Å². The van der Waals surface area contributed by atoms with Crippen molar-refractivity contribution in [2.45, 2.75) is 17.7 Å². The van der Waals surface area contributed by atoms with Crippen LogP contribution in [0.4, 0.5) is 17.6 Å². The predicted molar refractivity (Wildman–Crippen MR) is 56.2 cm³/mol. The molecular formula is C9H8F4S2. The smallest absolute Gasteiger partial charge is 0.228 e. The maximum Gasteiger partial charge on any atom is 0.279 e. The molecule has 0 fully saturated rings. The van der Waals surface area contributed by atoms with Crippen molar-refractivity contribution in [1.29, 1.82) is 0 Å². The van der Waals surface area contributed by atoms with E-state index in [2.05, 4.69) is 0 Å². The molecule has 0 spiro atoms. The first-order valence-corrected chi connectivity index (χ1v) is 6.43. The summed E-state index contributed by atoms with van der Waals surface area (Å²) in [5.74, 6) is 0.0188. The van der Waals surface area contributed by atoms with Crippen LogP contribution in [0, 0.1) is 5.82 Å². The molecule has 15 heavy (non-hydrogen) atoms. The molecular weight excluding hydrogens is 248 g/mol. The lowest BCUT2D eigenvalue weighted by atomic mass is 10.2. The summed E-state index contributed by atoms with van der Waals surface area (Å²) < 4.78 is 48.4. The molecule has 0 heterocycles. The Bertz CT molecular complexity index is 289. The first-order valence-electron chi connectivity index (χ1n) is 4.04. The van der Waals surface area contributed by atoms with Gasteiger partial charge < -0.3 is 0 Å². The number of hydrogen-bond donors (Lipinski definition) is 0. The van der Waals surface area contributed by atoms with Crippen molar-refractivity contribution in [1.82, 2.24) is 0 Å². The Balaban J connectivity index is 2.29. The molecule has 0 aliphatic carbocycles. The summed E-state index contributed by atoms with van der Waals surface area (Å²) in [6, 6.07) is 5.64. The first-order chi connectivity index (χ1) is 7.09. The highest BCUT2D eigenvalue weighted by atomic mass is 33.1.